The molecule has 0 aliphatic carbocycles. The number of anilines is 1. The van der Waals surface area contributed by atoms with E-state index in [4.69, 9.17) is 10.5 Å². The minimum atomic E-state index is -0.448. The number of para-hydroxylation sites is 2. The standard InChI is InChI=1S/C13H12FNO2/c14-10-6-5-9(7-11(10)15)8-17-13-4-2-1-3-12(13)16/h1-7,16H,8,15H2. The number of rotatable bonds is 3. The van der Waals surface area contributed by atoms with Gasteiger partial charge in [0.05, 0.1) is 5.69 Å². The summed E-state index contributed by atoms with van der Waals surface area (Å²) in [5, 5.41) is 9.48. The third-order valence-electron chi connectivity index (χ3n) is 2.32. The number of phenolic OH excluding ortho intramolecular Hbond substituents is 1. The quantitative estimate of drug-likeness (QED) is 0.801. The number of hydrogen-bond donors (Lipinski definition) is 2. The summed E-state index contributed by atoms with van der Waals surface area (Å²) in [5.74, 6) is 0.00860. The highest BCUT2D eigenvalue weighted by atomic mass is 19.1. The lowest BCUT2D eigenvalue weighted by Gasteiger charge is -2.08. The zero-order valence-electron chi connectivity index (χ0n) is 9.06. The lowest BCUT2D eigenvalue weighted by Crippen LogP contribution is -1.98. The average molecular weight is 233 g/mol. The molecule has 3 N–H and O–H groups in total. The Morgan fingerprint density at radius 1 is 1.18 bits per heavy atom. The first-order valence-electron chi connectivity index (χ1n) is 5.11. The van der Waals surface area contributed by atoms with Gasteiger partial charge in [0.1, 0.15) is 12.4 Å². The molecule has 0 aliphatic heterocycles. The van der Waals surface area contributed by atoms with Crippen molar-refractivity contribution in [2.24, 2.45) is 0 Å². The van der Waals surface area contributed by atoms with Gasteiger partial charge in [0.25, 0.3) is 0 Å². The lowest BCUT2D eigenvalue weighted by atomic mass is 10.2. The molecule has 3 nitrogen and oxygen atoms in total. The van der Waals surface area contributed by atoms with Crippen molar-refractivity contribution in [3.05, 3.63) is 53.8 Å². The van der Waals surface area contributed by atoms with E-state index >= 15 is 0 Å². The first kappa shape index (κ1) is 11.3. The average Bonchev–Trinajstić information content (AvgIpc) is 2.32. The van der Waals surface area contributed by atoms with Gasteiger partial charge in [-0.2, -0.15) is 0 Å². The zero-order chi connectivity index (χ0) is 12.3. The molecule has 0 heterocycles. The van der Waals surface area contributed by atoms with Gasteiger partial charge in [-0.3, -0.25) is 0 Å². The van der Waals surface area contributed by atoms with E-state index in [1.54, 1.807) is 24.3 Å². The maximum atomic E-state index is 12.9. The fourth-order valence-electron chi connectivity index (χ4n) is 1.42. The summed E-state index contributed by atoms with van der Waals surface area (Å²) >= 11 is 0. The number of halogens is 1. The van der Waals surface area contributed by atoms with Crippen LogP contribution in [0.25, 0.3) is 0 Å². The first-order chi connectivity index (χ1) is 8.16. The highest BCUT2D eigenvalue weighted by molar-refractivity contribution is 5.43. The summed E-state index contributed by atoms with van der Waals surface area (Å²) in [6, 6.07) is 11.0. The molecule has 0 fully saturated rings. The fourth-order valence-corrected chi connectivity index (χ4v) is 1.42. The van der Waals surface area contributed by atoms with Crippen LogP contribution in [0, 0.1) is 5.82 Å². The van der Waals surface area contributed by atoms with E-state index in [1.165, 1.54) is 18.2 Å². The number of ether oxygens (including phenoxy) is 1. The van der Waals surface area contributed by atoms with Gasteiger partial charge in [0.15, 0.2) is 11.5 Å². The van der Waals surface area contributed by atoms with Crippen molar-refractivity contribution in [3.8, 4) is 11.5 Å². The van der Waals surface area contributed by atoms with Crippen LogP contribution in [0.4, 0.5) is 10.1 Å². The van der Waals surface area contributed by atoms with Crippen LogP contribution in [-0.4, -0.2) is 5.11 Å². The number of hydrogen-bond acceptors (Lipinski definition) is 3. The predicted molar refractivity (Wildman–Crippen MR) is 63.3 cm³/mol. The molecule has 17 heavy (non-hydrogen) atoms. The highest BCUT2D eigenvalue weighted by Crippen LogP contribution is 2.25. The van der Waals surface area contributed by atoms with Crippen molar-refractivity contribution in [1.82, 2.24) is 0 Å². The first-order valence-corrected chi connectivity index (χ1v) is 5.11. The van der Waals surface area contributed by atoms with Crippen LogP contribution in [0.3, 0.4) is 0 Å². The normalized spacial score (nSPS) is 10.2. The number of nitrogen functional groups attached to an aromatic ring is 1. The Kier molecular flexibility index (Phi) is 3.14. The summed E-state index contributed by atoms with van der Waals surface area (Å²) < 4.78 is 18.3. The number of aromatic hydroxyl groups is 1. The van der Waals surface area contributed by atoms with E-state index in [9.17, 15) is 9.50 Å². The Balaban J connectivity index is 2.08. The van der Waals surface area contributed by atoms with Crippen molar-refractivity contribution in [3.63, 3.8) is 0 Å². The molecule has 0 atom stereocenters. The Labute approximate surface area is 98.3 Å². The van der Waals surface area contributed by atoms with Crippen LogP contribution < -0.4 is 10.5 Å². The van der Waals surface area contributed by atoms with E-state index in [0.29, 0.717) is 5.75 Å². The summed E-state index contributed by atoms with van der Waals surface area (Å²) in [5.41, 5.74) is 6.27. The predicted octanol–water partition coefficient (Wildman–Crippen LogP) is 2.69. The Morgan fingerprint density at radius 2 is 1.94 bits per heavy atom. The third-order valence-corrected chi connectivity index (χ3v) is 2.32. The highest BCUT2D eigenvalue weighted by Gasteiger charge is 2.03. The Bertz CT molecular complexity index is 529. The van der Waals surface area contributed by atoms with Crippen LogP contribution in [0.15, 0.2) is 42.5 Å². The van der Waals surface area contributed by atoms with Crippen LogP contribution in [-0.2, 0) is 6.61 Å². The van der Waals surface area contributed by atoms with Gasteiger partial charge in [0.2, 0.25) is 0 Å². The number of nitrogens with two attached hydrogens (primary N) is 1. The second-order valence-electron chi connectivity index (χ2n) is 3.61. The molecule has 2 aromatic rings. The maximum absolute atomic E-state index is 12.9. The molecule has 0 aromatic heterocycles. The van der Waals surface area contributed by atoms with Crippen LogP contribution in [0.2, 0.25) is 0 Å². The monoisotopic (exact) mass is 233 g/mol. The molecule has 0 spiro atoms. The largest absolute Gasteiger partial charge is 0.504 e. The van der Waals surface area contributed by atoms with E-state index in [-0.39, 0.29) is 18.0 Å². The lowest BCUT2D eigenvalue weighted by molar-refractivity contribution is 0.289. The van der Waals surface area contributed by atoms with Gasteiger partial charge >= 0.3 is 0 Å². The van der Waals surface area contributed by atoms with Gasteiger partial charge in [-0.05, 0) is 29.8 Å². The molecule has 0 bridgehead atoms. The fraction of sp³-hybridized carbons (Fsp3) is 0.0769. The minimum Gasteiger partial charge on any atom is -0.504 e. The molecule has 0 aliphatic rings. The summed E-state index contributed by atoms with van der Waals surface area (Å²) in [4.78, 5) is 0. The molecular weight excluding hydrogens is 221 g/mol. The van der Waals surface area contributed by atoms with E-state index in [2.05, 4.69) is 0 Å². The van der Waals surface area contributed by atoms with Gasteiger partial charge in [-0.1, -0.05) is 18.2 Å². The van der Waals surface area contributed by atoms with Gasteiger partial charge in [-0.25, -0.2) is 4.39 Å². The maximum Gasteiger partial charge on any atom is 0.161 e. The van der Waals surface area contributed by atoms with E-state index < -0.39 is 5.82 Å². The smallest absolute Gasteiger partial charge is 0.161 e. The van der Waals surface area contributed by atoms with Crippen molar-refractivity contribution in [2.45, 2.75) is 6.61 Å². The van der Waals surface area contributed by atoms with Gasteiger partial charge in [0, 0.05) is 0 Å². The zero-order valence-corrected chi connectivity index (χ0v) is 9.06. The molecular formula is C13H12FNO2. The minimum absolute atomic E-state index is 0.0718. The van der Waals surface area contributed by atoms with Gasteiger partial charge < -0.3 is 15.6 Å². The molecule has 0 saturated carbocycles. The molecule has 2 rings (SSSR count). The van der Waals surface area contributed by atoms with Crippen molar-refractivity contribution >= 4 is 5.69 Å². The van der Waals surface area contributed by atoms with Crippen molar-refractivity contribution in [1.29, 1.82) is 0 Å². The molecule has 0 amide bonds. The van der Waals surface area contributed by atoms with E-state index in [0.717, 1.165) is 5.56 Å². The van der Waals surface area contributed by atoms with Crippen molar-refractivity contribution in [2.75, 3.05) is 5.73 Å². The van der Waals surface area contributed by atoms with Crippen LogP contribution in [0.1, 0.15) is 5.56 Å². The molecule has 0 unspecified atom stereocenters. The van der Waals surface area contributed by atoms with E-state index in [1.807, 2.05) is 0 Å². The third kappa shape index (κ3) is 2.66. The molecule has 2 aromatic carbocycles. The summed E-state index contributed by atoms with van der Waals surface area (Å²) in [7, 11) is 0. The SMILES string of the molecule is Nc1cc(COc2ccccc2O)ccc1F. The van der Waals surface area contributed by atoms with Crippen LogP contribution in [0.5, 0.6) is 11.5 Å². The molecule has 0 radical (unpaired) electrons. The summed E-state index contributed by atoms with van der Waals surface area (Å²) in [6.07, 6.45) is 0. The van der Waals surface area contributed by atoms with Crippen molar-refractivity contribution < 1.29 is 14.2 Å². The molecule has 0 saturated heterocycles. The number of phenols is 1. The molecule has 4 heteroatoms. The Morgan fingerprint density at radius 3 is 2.65 bits per heavy atom. The number of benzene rings is 2. The second-order valence-corrected chi connectivity index (χ2v) is 3.61. The Hall–Kier alpha value is -2.23. The molecule has 88 valence electrons. The second kappa shape index (κ2) is 4.74. The van der Waals surface area contributed by atoms with Gasteiger partial charge in [-0.15, -0.1) is 0 Å². The van der Waals surface area contributed by atoms with Crippen LogP contribution >= 0.6 is 0 Å². The topological polar surface area (TPSA) is 55.5 Å². The summed E-state index contributed by atoms with van der Waals surface area (Å²) in [6.45, 7) is 0.224.